The zero-order valence-corrected chi connectivity index (χ0v) is 17.2. The largest absolute Gasteiger partial charge is 0.348 e. The van der Waals surface area contributed by atoms with E-state index >= 15 is 0 Å². The van der Waals surface area contributed by atoms with E-state index in [2.05, 4.69) is 48.0 Å². The molecule has 0 radical (unpaired) electrons. The van der Waals surface area contributed by atoms with Gasteiger partial charge in [0.25, 0.3) is 0 Å². The molecule has 0 aliphatic carbocycles. The van der Waals surface area contributed by atoms with Crippen LogP contribution in [0.4, 0.5) is 0 Å². The molecule has 5 heteroatoms. The second-order valence-electron chi connectivity index (χ2n) is 7.59. The van der Waals surface area contributed by atoms with Crippen LogP contribution in [0.1, 0.15) is 56.0 Å². The Bertz CT molecular complexity index is 810. The summed E-state index contributed by atoms with van der Waals surface area (Å²) in [6, 6.07) is 12.4. The third-order valence-corrected chi connectivity index (χ3v) is 5.39. The Morgan fingerprint density at radius 2 is 1.82 bits per heavy atom. The minimum Gasteiger partial charge on any atom is -0.348 e. The molecule has 1 aromatic heterocycles. The number of nitrogens with zero attached hydrogens (tertiary/aromatic N) is 3. The van der Waals surface area contributed by atoms with Crippen LogP contribution in [-0.4, -0.2) is 45.8 Å². The fourth-order valence-corrected chi connectivity index (χ4v) is 3.94. The van der Waals surface area contributed by atoms with E-state index in [1.165, 1.54) is 5.56 Å². The van der Waals surface area contributed by atoms with Gasteiger partial charge in [0.2, 0.25) is 11.8 Å². The molecule has 1 aliphatic rings. The van der Waals surface area contributed by atoms with Crippen LogP contribution in [0.25, 0.3) is 0 Å². The van der Waals surface area contributed by atoms with Gasteiger partial charge in [0.15, 0.2) is 0 Å². The molecule has 1 atom stereocenters. The van der Waals surface area contributed by atoms with Crippen LogP contribution in [0.5, 0.6) is 0 Å². The lowest BCUT2D eigenvalue weighted by atomic mass is 9.98. The normalized spacial score (nSPS) is 16.0. The molecule has 0 saturated carbocycles. The molecule has 0 fully saturated rings. The number of aromatic nitrogens is 1. The fraction of sp³-hybridized carbons (Fsp3) is 0.478. The Morgan fingerprint density at radius 3 is 2.50 bits per heavy atom. The van der Waals surface area contributed by atoms with Gasteiger partial charge in [-0.2, -0.15) is 0 Å². The molecule has 3 rings (SSSR count). The molecule has 2 aromatic rings. The number of hydrogen-bond donors (Lipinski definition) is 0. The van der Waals surface area contributed by atoms with Crippen LogP contribution in [0.3, 0.4) is 0 Å². The lowest BCUT2D eigenvalue weighted by Gasteiger charge is -2.38. The Labute approximate surface area is 167 Å². The molecule has 2 heterocycles. The van der Waals surface area contributed by atoms with Crippen molar-refractivity contribution in [2.45, 2.75) is 52.6 Å². The van der Waals surface area contributed by atoms with Crippen molar-refractivity contribution in [3.05, 3.63) is 59.4 Å². The molecule has 0 N–H and O–H groups in total. The SMILES string of the molecule is CCCC(=O)N(CCC)CC(=O)N1CCn2cccc2C1c1ccc(C)cc1. The first-order chi connectivity index (χ1) is 13.5. The van der Waals surface area contributed by atoms with E-state index in [9.17, 15) is 9.59 Å². The van der Waals surface area contributed by atoms with E-state index in [0.29, 0.717) is 19.5 Å². The summed E-state index contributed by atoms with van der Waals surface area (Å²) < 4.78 is 2.22. The van der Waals surface area contributed by atoms with Gasteiger partial charge in [-0.1, -0.05) is 43.7 Å². The number of rotatable bonds is 7. The highest BCUT2D eigenvalue weighted by atomic mass is 16.2. The van der Waals surface area contributed by atoms with Crippen molar-refractivity contribution in [3.63, 3.8) is 0 Å². The fourth-order valence-electron chi connectivity index (χ4n) is 3.94. The van der Waals surface area contributed by atoms with Gasteiger partial charge >= 0.3 is 0 Å². The maximum absolute atomic E-state index is 13.3. The second kappa shape index (κ2) is 9.09. The highest BCUT2D eigenvalue weighted by Crippen LogP contribution is 2.32. The summed E-state index contributed by atoms with van der Waals surface area (Å²) in [6.07, 6.45) is 4.23. The molecular formula is C23H31N3O2. The van der Waals surface area contributed by atoms with Gasteiger partial charge in [-0.05, 0) is 37.5 Å². The summed E-state index contributed by atoms with van der Waals surface area (Å²) in [5, 5.41) is 0. The van der Waals surface area contributed by atoms with Crippen LogP contribution in [0.15, 0.2) is 42.6 Å². The molecule has 1 unspecified atom stereocenters. The van der Waals surface area contributed by atoms with Gasteiger partial charge < -0.3 is 14.4 Å². The lowest BCUT2D eigenvalue weighted by molar-refractivity contribution is -0.142. The number of benzene rings is 1. The van der Waals surface area contributed by atoms with E-state index < -0.39 is 0 Å². The first-order valence-electron chi connectivity index (χ1n) is 10.3. The van der Waals surface area contributed by atoms with Crippen molar-refractivity contribution in [3.8, 4) is 0 Å². The average molecular weight is 382 g/mol. The van der Waals surface area contributed by atoms with Crippen molar-refractivity contribution in [2.75, 3.05) is 19.6 Å². The number of aryl methyl sites for hydroxylation is 1. The van der Waals surface area contributed by atoms with Crippen LogP contribution < -0.4 is 0 Å². The predicted octanol–water partition coefficient (Wildman–Crippen LogP) is 3.77. The van der Waals surface area contributed by atoms with E-state index in [0.717, 1.165) is 30.6 Å². The topological polar surface area (TPSA) is 45.6 Å². The summed E-state index contributed by atoms with van der Waals surface area (Å²) in [6.45, 7) is 8.34. The molecule has 1 aliphatic heterocycles. The van der Waals surface area contributed by atoms with Crippen LogP contribution in [0, 0.1) is 6.92 Å². The van der Waals surface area contributed by atoms with Crippen LogP contribution >= 0.6 is 0 Å². The molecule has 0 bridgehead atoms. The zero-order valence-electron chi connectivity index (χ0n) is 17.2. The van der Waals surface area contributed by atoms with E-state index in [1.807, 2.05) is 24.8 Å². The van der Waals surface area contributed by atoms with Crippen LogP contribution in [-0.2, 0) is 16.1 Å². The smallest absolute Gasteiger partial charge is 0.243 e. The van der Waals surface area contributed by atoms with Gasteiger partial charge in [-0.25, -0.2) is 0 Å². The third kappa shape index (κ3) is 4.29. The number of carbonyl (C=O) groups is 2. The summed E-state index contributed by atoms with van der Waals surface area (Å²) >= 11 is 0. The number of fused-ring (bicyclic) bond motifs is 1. The first kappa shape index (κ1) is 20.2. The van der Waals surface area contributed by atoms with E-state index in [4.69, 9.17) is 0 Å². The Morgan fingerprint density at radius 1 is 1.07 bits per heavy atom. The quantitative estimate of drug-likeness (QED) is 0.733. The minimum absolute atomic E-state index is 0.0240. The molecule has 0 saturated heterocycles. The Balaban J connectivity index is 1.87. The first-order valence-corrected chi connectivity index (χ1v) is 10.3. The molecule has 0 spiro atoms. The van der Waals surface area contributed by atoms with Crippen molar-refractivity contribution >= 4 is 11.8 Å². The standard InChI is InChI=1S/C23H31N3O2/c1-4-7-21(27)25(13-5-2)17-22(28)26-16-15-24-14-6-8-20(24)23(26)19-11-9-18(3)10-12-19/h6,8-12,14,23H,4-5,7,13,15-17H2,1-3H3. The monoisotopic (exact) mass is 381 g/mol. The summed E-state index contributed by atoms with van der Waals surface area (Å²) in [7, 11) is 0. The molecular weight excluding hydrogens is 350 g/mol. The van der Waals surface area contributed by atoms with Crippen molar-refractivity contribution in [1.82, 2.24) is 14.4 Å². The Hall–Kier alpha value is -2.56. The molecule has 28 heavy (non-hydrogen) atoms. The van der Waals surface area contributed by atoms with Crippen LogP contribution in [0.2, 0.25) is 0 Å². The predicted molar refractivity (Wildman–Crippen MR) is 111 cm³/mol. The van der Waals surface area contributed by atoms with Crippen molar-refractivity contribution in [2.24, 2.45) is 0 Å². The average Bonchev–Trinajstić information content (AvgIpc) is 3.16. The molecule has 150 valence electrons. The lowest BCUT2D eigenvalue weighted by Crippen LogP contribution is -2.48. The summed E-state index contributed by atoms with van der Waals surface area (Å²) in [5.41, 5.74) is 3.44. The third-order valence-electron chi connectivity index (χ3n) is 5.39. The highest BCUT2D eigenvalue weighted by Gasteiger charge is 2.33. The molecule has 2 amide bonds. The summed E-state index contributed by atoms with van der Waals surface area (Å²) in [5.74, 6) is 0.0981. The minimum atomic E-state index is -0.110. The number of carbonyl (C=O) groups excluding carboxylic acids is 2. The van der Waals surface area contributed by atoms with E-state index in [-0.39, 0.29) is 24.4 Å². The molecule has 1 aromatic carbocycles. The van der Waals surface area contributed by atoms with Crippen molar-refractivity contribution in [1.29, 1.82) is 0 Å². The molecule has 5 nitrogen and oxygen atoms in total. The zero-order chi connectivity index (χ0) is 20.1. The van der Waals surface area contributed by atoms with Gasteiger partial charge in [-0.15, -0.1) is 0 Å². The van der Waals surface area contributed by atoms with Gasteiger partial charge in [0.1, 0.15) is 0 Å². The maximum Gasteiger partial charge on any atom is 0.243 e. The highest BCUT2D eigenvalue weighted by molar-refractivity contribution is 5.85. The van der Waals surface area contributed by atoms with E-state index in [1.54, 1.807) is 4.90 Å². The number of amides is 2. The maximum atomic E-state index is 13.3. The second-order valence-corrected chi connectivity index (χ2v) is 7.59. The summed E-state index contributed by atoms with van der Waals surface area (Å²) in [4.78, 5) is 29.4. The van der Waals surface area contributed by atoms with Gasteiger partial charge in [0, 0.05) is 37.9 Å². The number of hydrogen-bond acceptors (Lipinski definition) is 2. The van der Waals surface area contributed by atoms with Gasteiger partial charge in [-0.3, -0.25) is 9.59 Å². The van der Waals surface area contributed by atoms with Crippen molar-refractivity contribution < 1.29 is 9.59 Å². The van der Waals surface area contributed by atoms with Gasteiger partial charge in [0.05, 0.1) is 12.6 Å². The Kier molecular flexibility index (Phi) is 6.55.